The van der Waals surface area contributed by atoms with E-state index in [0.717, 1.165) is 0 Å². The molecule has 0 amide bonds. The number of halogens is 1. The average Bonchev–Trinajstić information content (AvgIpc) is 2.30. The lowest BCUT2D eigenvalue weighted by Crippen LogP contribution is -2.06. The summed E-state index contributed by atoms with van der Waals surface area (Å²) in [6.07, 6.45) is 3.03. The number of rotatable bonds is 2. The zero-order chi connectivity index (χ0) is 11.5. The van der Waals surface area contributed by atoms with Gasteiger partial charge in [-0.1, -0.05) is 12.1 Å². The SMILES string of the molecule is Cc1cccc(F)c1C(=O)c1ccncc1. The molecule has 0 fully saturated rings. The Kier molecular flexibility index (Phi) is 2.77. The van der Waals surface area contributed by atoms with Gasteiger partial charge in [-0.2, -0.15) is 0 Å². The van der Waals surface area contributed by atoms with E-state index in [9.17, 15) is 9.18 Å². The van der Waals surface area contributed by atoms with Gasteiger partial charge in [-0.05, 0) is 30.7 Å². The second-order valence-electron chi connectivity index (χ2n) is 3.50. The molecule has 0 aliphatic heterocycles. The summed E-state index contributed by atoms with van der Waals surface area (Å²) in [5.41, 5.74) is 1.22. The zero-order valence-corrected chi connectivity index (χ0v) is 8.77. The molecule has 0 aliphatic rings. The van der Waals surface area contributed by atoms with Crippen molar-refractivity contribution in [2.24, 2.45) is 0 Å². The lowest BCUT2D eigenvalue weighted by molar-refractivity contribution is 0.103. The Hall–Kier alpha value is -2.03. The predicted octanol–water partition coefficient (Wildman–Crippen LogP) is 2.76. The highest BCUT2D eigenvalue weighted by molar-refractivity contribution is 6.09. The Labute approximate surface area is 92.8 Å². The van der Waals surface area contributed by atoms with Crippen LogP contribution in [0.1, 0.15) is 21.5 Å². The first kappa shape index (κ1) is 10.5. The van der Waals surface area contributed by atoms with Crippen molar-refractivity contribution in [2.45, 2.75) is 6.92 Å². The molecular weight excluding hydrogens is 205 g/mol. The Bertz CT molecular complexity index is 502. The highest BCUT2D eigenvalue weighted by Gasteiger charge is 2.15. The minimum atomic E-state index is -0.484. The van der Waals surface area contributed by atoms with Gasteiger partial charge in [0.05, 0.1) is 5.56 Å². The first-order valence-corrected chi connectivity index (χ1v) is 4.90. The number of hydrogen-bond donors (Lipinski definition) is 0. The summed E-state index contributed by atoms with van der Waals surface area (Å²) in [5, 5.41) is 0. The van der Waals surface area contributed by atoms with E-state index in [0.29, 0.717) is 11.1 Å². The summed E-state index contributed by atoms with van der Waals surface area (Å²) in [5.74, 6) is -0.792. The minimum Gasteiger partial charge on any atom is -0.288 e. The summed E-state index contributed by atoms with van der Waals surface area (Å²) in [6, 6.07) is 7.76. The number of carbonyl (C=O) groups is 1. The topological polar surface area (TPSA) is 30.0 Å². The van der Waals surface area contributed by atoms with Gasteiger partial charge in [0.1, 0.15) is 5.82 Å². The van der Waals surface area contributed by atoms with Crippen LogP contribution in [0.15, 0.2) is 42.7 Å². The van der Waals surface area contributed by atoms with Gasteiger partial charge >= 0.3 is 0 Å². The second-order valence-corrected chi connectivity index (χ2v) is 3.50. The molecule has 2 nitrogen and oxygen atoms in total. The number of aryl methyl sites for hydroxylation is 1. The molecule has 2 rings (SSSR count). The van der Waals surface area contributed by atoms with Gasteiger partial charge in [0.2, 0.25) is 0 Å². The molecule has 0 aliphatic carbocycles. The normalized spacial score (nSPS) is 10.1. The van der Waals surface area contributed by atoms with Crippen LogP contribution in [0.3, 0.4) is 0 Å². The lowest BCUT2D eigenvalue weighted by atomic mass is 9.99. The molecule has 1 aromatic heterocycles. The van der Waals surface area contributed by atoms with Crippen LogP contribution in [-0.2, 0) is 0 Å². The van der Waals surface area contributed by atoms with E-state index in [1.54, 1.807) is 31.2 Å². The first-order valence-electron chi connectivity index (χ1n) is 4.90. The number of carbonyl (C=O) groups excluding carboxylic acids is 1. The Morgan fingerprint density at radius 3 is 2.50 bits per heavy atom. The Morgan fingerprint density at radius 1 is 1.19 bits per heavy atom. The highest BCUT2D eigenvalue weighted by atomic mass is 19.1. The quantitative estimate of drug-likeness (QED) is 0.721. The molecule has 1 aromatic carbocycles. The van der Waals surface area contributed by atoms with Gasteiger partial charge in [0.15, 0.2) is 5.78 Å². The largest absolute Gasteiger partial charge is 0.288 e. The summed E-state index contributed by atoms with van der Waals surface area (Å²) < 4.78 is 13.6. The molecule has 3 heteroatoms. The monoisotopic (exact) mass is 215 g/mol. The fourth-order valence-electron chi connectivity index (χ4n) is 1.57. The maximum Gasteiger partial charge on any atom is 0.196 e. The fourth-order valence-corrected chi connectivity index (χ4v) is 1.57. The van der Waals surface area contributed by atoms with E-state index >= 15 is 0 Å². The lowest BCUT2D eigenvalue weighted by Gasteiger charge is -2.05. The van der Waals surface area contributed by atoms with Crippen LogP contribution in [0.25, 0.3) is 0 Å². The Morgan fingerprint density at radius 2 is 1.88 bits per heavy atom. The summed E-state index contributed by atoms with van der Waals surface area (Å²) in [6.45, 7) is 1.72. The van der Waals surface area contributed by atoms with Gasteiger partial charge in [-0.15, -0.1) is 0 Å². The molecule has 2 aromatic rings. The van der Waals surface area contributed by atoms with Gasteiger partial charge in [-0.3, -0.25) is 9.78 Å². The van der Waals surface area contributed by atoms with Crippen molar-refractivity contribution in [3.8, 4) is 0 Å². The van der Waals surface area contributed by atoms with Crippen LogP contribution in [0.4, 0.5) is 4.39 Å². The molecule has 0 radical (unpaired) electrons. The van der Waals surface area contributed by atoms with Crippen molar-refractivity contribution < 1.29 is 9.18 Å². The van der Waals surface area contributed by atoms with Crippen molar-refractivity contribution in [1.29, 1.82) is 0 Å². The minimum absolute atomic E-state index is 0.133. The maximum absolute atomic E-state index is 13.6. The van der Waals surface area contributed by atoms with Gasteiger partial charge < -0.3 is 0 Å². The molecule has 0 atom stereocenters. The molecule has 0 spiro atoms. The van der Waals surface area contributed by atoms with Crippen LogP contribution in [-0.4, -0.2) is 10.8 Å². The molecule has 1 heterocycles. The van der Waals surface area contributed by atoms with E-state index in [1.807, 2.05) is 0 Å². The van der Waals surface area contributed by atoms with E-state index in [1.165, 1.54) is 18.5 Å². The van der Waals surface area contributed by atoms with Crippen LogP contribution in [0.5, 0.6) is 0 Å². The summed E-state index contributed by atoms with van der Waals surface area (Å²) in [7, 11) is 0. The van der Waals surface area contributed by atoms with Gasteiger partial charge in [0, 0.05) is 18.0 Å². The second kappa shape index (κ2) is 4.23. The first-order chi connectivity index (χ1) is 7.70. The van der Waals surface area contributed by atoms with Crippen molar-refractivity contribution in [3.05, 3.63) is 65.2 Å². The van der Waals surface area contributed by atoms with E-state index in [2.05, 4.69) is 4.98 Å². The molecule has 0 N–H and O–H groups in total. The number of benzene rings is 1. The molecule has 0 saturated heterocycles. The van der Waals surface area contributed by atoms with Crippen LogP contribution < -0.4 is 0 Å². The third-order valence-corrected chi connectivity index (χ3v) is 2.39. The molecule has 0 unspecified atom stereocenters. The molecular formula is C13H10FNO. The van der Waals surface area contributed by atoms with Crippen molar-refractivity contribution in [3.63, 3.8) is 0 Å². The number of ketones is 1. The molecule has 16 heavy (non-hydrogen) atoms. The van der Waals surface area contributed by atoms with Crippen molar-refractivity contribution >= 4 is 5.78 Å². The predicted molar refractivity (Wildman–Crippen MR) is 58.8 cm³/mol. The molecule has 0 saturated carbocycles. The molecule has 0 bridgehead atoms. The van der Waals surface area contributed by atoms with Crippen LogP contribution in [0.2, 0.25) is 0 Å². The average molecular weight is 215 g/mol. The fraction of sp³-hybridized carbons (Fsp3) is 0.0769. The number of hydrogen-bond acceptors (Lipinski definition) is 2. The van der Waals surface area contributed by atoms with E-state index in [-0.39, 0.29) is 11.3 Å². The number of pyridine rings is 1. The molecule has 80 valence electrons. The van der Waals surface area contributed by atoms with Gasteiger partial charge in [0.25, 0.3) is 0 Å². The van der Waals surface area contributed by atoms with E-state index in [4.69, 9.17) is 0 Å². The summed E-state index contributed by atoms with van der Waals surface area (Å²) in [4.78, 5) is 15.8. The third kappa shape index (κ3) is 1.84. The smallest absolute Gasteiger partial charge is 0.196 e. The van der Waals surface area contributed by atoms with Crippen LogP contribution >= 0.6 is 0 Å². The highest BCUT2D eigenvalue weighted by Crippen LogP contribution is 2.16. The Balaban J connectivity index is 2.50. The summed E-state index contributed by atoms with van der Waals surface area (Å²) >= 11 is 0. The van der Waals surface area contributed by atoms with Crippen molar-refractivity contribution in [2.75, 3.05) is 0 Å². The van der Waals surface area contributed by atoms with Gasteiger partial charge in [-0.25, -0.2) is 4.39 Å². The zero-order valence-electron chi connectivity index (χ0n) is 8.77. The third-order valence-electron chi connectivity index (χ3n) is 2.39. The number of nitrogens with zero attached hydrogens (tertiary/aromatic N) is 1. The number of aromatic nitrogens is 1. The van der Waals surface area contributed by atoms with E-state index < -0.39 is 5.82 Å². The standard InChI is InChI=1S/C13H10FNO/c1-9-3-2-4-11(14)12(9)13(16)10-5-7-15-8-6-10/h2-8H,1H3. The maximum atomic E-state index is 13.6. The van der Waals surface area contributed by atoms with Crippen molar-refractivity contribution in [1.82, 2.24) is 4.98 Å². The van der Waals surface area contributed by atoms with Crippen LogP contribution in [0, 0.1) is 12.7 Å².